The van der Waals surface area contributed by atoms with Crippen LogP contribution in [0.3, 0.4) is 0 Å². The first kappa shape index (κ1) is 22.2. The third kappa shape index (κ3) is 4.81. The number of rotatable bonds is 6. The van der Waals surface area contributed by atoms with Crippen molar-refractivity contribution < 1.29 is 14.3 Å². The molecule has 2 aromatic rings. The van der Waals surface area contributed by atoms with E-state index in [9.17, 15) is 9.59 Å². The lowest BCUT2D eigenvalue weighted by atomic mass is 9.94. The molecule has 0 spiro atoms. The van der Waals surface area contributed by atoms with Crippen molar-refractivity contribution in [3.8, 4) is 11.4 Å². The van der Waals surface area contributed by atoms with Crippen LogP contribution < -0.4 is 10.1 Å². The zero-order valence-corrected chi connectivity index (χ0v) is 18.8. The van der Waals surface area contributed by atoms with Crippen molar-refractivity contribution in [1.82, 2.24) is 14.8 Å². The average molecular weight is 432 g/mol. The molecule has 0 radical (unpaired) electrons. The van der Waals surface area contributed by atoms with Crippen molar-refractivity contribution in [2.75, 3.05) is 20.2 Å². The number of benzene rings is 1. The highest BCUT2D eigenvalue weighted by Gasteiger charge is 2.30. The molecule has 1 aromatic heterocycles. The number of carbonyl (C=O) groups excluding carboxylic acids is 2. The second kappa shape index (κ2) is 9.56. The van der Waals surface area contributed by atoms with Crippen molar-refractivity contribution in [3.05, 3.63) is 47.2 Å². The van der Waals surface area contributed by atoms with Gasteiger partial charge in [0.15, 0.2) is 0 Å². The van der Waals surface area contributed by atoms with Gasteiger partial charge in [-0.3, -0.25) is 9.59 Å². The minimum Gasteiger partial charge on any atom is -0.496 e. The molecule has 1 aliphatic rings. The van der Waals surface area contributed by atoms with E-state index >= 15 is 0 Å². The largest absolute Gasteiger partial charge is 0.496 e. The number of likely N-dealkylation sites (tertiary alicyclic amines) is 1. The summed E-state index contributed by atoms with van der Waals surface area (Å²) < 4.78 is 7.37. The van der Waals surface area contributed by atoms with Crippen molar-refractivity contribution >= 4 is 23.4 Å². The van der Waals surface area contributed by atoms with Gasteiger partial charge < -0.3 is 19.5 Å². The van der Waals surface area contributed by atoms with Crippen LogP contribution in [0.25, 0.3) is 5.69 Å². The van der Waals surface area contributed by atoms with Gasteiger partial charge >= 0.3 is 0 Å². The van der Waals surface area contributed by atoms with Gasteiger partial charge in [0, 0.05) is 43.5 Å². The summed E-state index contributed by atoms with van der Waals surface area (Å²) in [6.07, 6.45) is 5.08. The number of ether oxygens (including phenoxy) is 1. The molecule has 3 rings (SSSR count). The number of methoxy groups -OCH3 is 1. The summed E-state index contributed by atoms with van der Waals surface area (Å²) in [5.74, 6) is 0.778. The van der Waals surface area contributed by atoms with Crippen LogP contribution in [-0.2, 0) is 4.79 Å². The molecule has 1 N–H and O–H groups in total. The lowest BCUT2D eigenvalue weighted by Crippen LogP contribution is -2.45. The molecular weight excluding hydrogens is 402 g/mol. The molecule has 7 heteroatoms. The second-order valence-corrected chi connectivity index (χ2v) is 8.61. The van der Waals surface area contributed by atoms with E-state index in [0.29, 0.717) is 48.2 Å². The van der Waals surface area contributed by atoms with Crippen LogP contribution in [0, 0.1) is 11.8 Å². The van der Waals surface area contributed by atoms with Crippen LogP contribution in [0.2, 0.25) is 5.02 Å². The Labute approximate surface area is 183 Å². The first-order valence-corrected chi connectivity index (χ1v) is 10.8. The maximum absolute atomic E-state index is 13.2. The van der Waals surface area contributed by atoms with Crippen LogP contribution in [-0.4, -0.2) is 47.5 Å². The van der Waals surface area contributed by atoms with E-state index < -0.39 is 0 Å². The standard InChI is InChI=1S/C23H30ClN3O3/c1-15(2)16(3)25-22(28)17-7-11-27(12-8-17)23(29)18-13-19(24)20(14-21(18)30-4)26-9-5-6-10-26/h5-6,9-10,13-17H,7-8,11-12H2,1-4H3,(H,25,28). The van der Waals surface area contributed by atoms with Crippen molar-refractivity contribution in [3.63, 3.8) is 0 Å². The highest BCUT2D eigenvalue weighted by Crippen LogP contribution is 2.31. The Morgan fingerprint density at radius 3 is 2.33 bits per heavy atom. The molecular formula is C23H30ClN3O3. The minimum absolute atomic E-state index is 0.0585. The number of hydrogen-bond acceptors (Lipinski definition) is 3. The second-order valence-electron chi connectivity index (χ2n) is 8.20. The van der Waals surface area contributed by atoms with Crippen LogP contribution >= 0.6 is 11.6 Å². The summed E-state index contributed by atoms with van der Waals surface area (Å²) in [6.45, 7) is 7.27. The van der Waals surface area contributed by atoms with Gasteiger partial charge in [-0.1, -0.05) is 25.4 Å². The van der Waals surface area contributed by atoms with Gasteiger partial charge in [0.2, 0.25) is 5.91 Å². The summed E-state index contributed by atoms with van der Waals surface area (Å²) >= 11 is 6.47. The van der Waals surface area contributed by atoms with Gasteiger partial charge in [-0.05, 0) is 43.9 Å². The highest BCUT2D eigenvalue weighted by atomic mass is 35.5. The zero-order valence-electron chi connectivity index (χ0n) is 18.0. The van der Waals surface area contributed by atoms with E-state index in [0.717, 1.165) is 5.69 Å². The van der Waals surface area contributed by atoms with Crippen LogP contribution in [0.15, 0.2) is 36.7 Å². The fourth-order valence-corrected chi connectivity index (χ4v) is 3.86. The maximum atomic E-state index is 13.2. The highest BCUT2D eigenvalue weighted by molar-refractivity contribution is 6.33. The Hall–Kier alpha value is -2.47. The van der Waals surface area contributed by atoms with Gasteiger partial charge in [0.1, 0.15) is 5.75 Å². The molecule has 6 nitrogen and oxygen atoms in total. The number of halogens is 1. The molecule has 162 valence electrons. The molecule has 1 saturated heterocycles. The third-order valence-corrected chi connectivity index (χ3v) is 6.21. The van der Waals surface area contributed by atoms with Crippen molar-refractivity contribution in [1.29, 1.82) is 0 Å². The summed E-state index contributed by atoms with van der Waals surface area (Å²) in [7, 11) is 1.55. The Balaban J connectivity index is 1.69. The number of hydrogen-bond donors (Lipinski definition) is 1. The van der Waals surface area contributed by atoms with E-state index in [2.05, 4.69) is 19.2 Å². The van der Waals surface area contributed by atoms with Crippen molar-refractivity contribution in [2.45, 2.75) is 39.7 Å². The molecule has 1 unspecified atom stereocenters. The molecule has 1 atom stereocenters. The summed E-state index contributed by atoms with van der Waals surface area (Å²) in [5, 5.41) is 3.57. The van der Waals surface area contributed by atoms with E-state index in [-0.39, 0.29) is 23.8 Å². The molecule has 30 heavy (non-hydrogen) atoms. The lowest BCUT2D eigenvalue weighted by molar-refractivity contribution is -0.127. The topological polar surface area (TPSA) is 63.6 Å². The van der Waals surface area contributed by atoms with Crippen LogP contribution in [0.4, 0.5) is 0 Å². The molecule has 2 heterocycles. The monoisotopic (exact) mass is 431 g/mol. The SMILES string of the molecule is COc1cc(-n2cccc2)c(Cl)cc1C(=O)N1CCC(C(=O)NC(C)C(C)C)CC1. The number of piperidine rings is 1. The maximum Gasteiger partial charge on any atom is 0.257 e. The first-order valence-electron chi connectivity index (χ1n) is 10.4. The van der Waals surface area contributed by atoms with E-state index in [4.69, 9.17) is 16.3 Å². The normalized spacial score (nSPS) is 15.9. The predicted molar refractivity (Wildman–Crippen MR) is 118 cm³/mol. The third-order valence-electron chi connectivity index (χ3n) is 5.90. The smallest absolute Gasteiger partial charge is 0.257 e. The fourth-order valence-electron chi connectivity index (χ4n) is 3.60. The Bertz CT molecular complexity index is 887. The molecule has 1 aromatic carbocycles. The quantitative estimate of drug-likeness (QED) is 0.747. The molecule has 1 fully saturated rings. The Kier molecular flexibility index (Phi) is 7.08. The van der Waals surface area contributed by atoms with E-state index in [1.54, 1.807) is 24.1 Å². The first-order chi connectivity index (χ1) is 14.3. The Morgan fingerprint density at radius 2 is 1.77 bits per heavy atom. The summed E-state index contributed by atoms with van der Waals surface area (Å²) in [6, 6.07) is 7.40. The number of amides is 2. The van der Waals surface area contributed by atoms with Gasteiger partial charge in [-0.2, -0.15) is 0 Å². The Morgan fingerprint density at radius 1 is 1.13 bits per heavy atom. The molecule has 2 amide bonds. The van der Waals surface area contributed by atoms with Crippen LogP contribution in [0.1, 0.15) is 44.0 Å². The van der Waals surface area contributed by atoms with E-state index in [1.165, 1.54) is 0 Å². The van der Waals surface area contributed by atoms with Gasteiger partial charge in [0.05, 0.1) is 23.4 Å². The van der Waals surface area contributed by atoms with E-state index in [1.807, 2.05) is 36.0 Å². The molecule has 1 aliphatic heterocycles. The summed E-state index contributed by atoms with van der Waals surface area (Å²) in [4.78, 5) is 27.4. The fraction of sp³-hybridized carbons (Fsp3) is 0.478. The molecule has 0 saturated carbocycles. The van der Waals surface area contributed by atoms with Gasteiger partial charge in [-0.15, -0.1) is 0 Å². The summed E-state index contributed by atoms with van der Waals surface area (Å²) in [5.41, 5.74) is 1.19. The number of nitrogens with zero attached hydrogens (tertiary/aromatic N) is 2. The number of aromatic nitrogens is 1. The van der Waals surface area contributed by atoms with Crippen molar-refractivity contribution in [2.24, 2.45) is 11.8 Å². The lowest BCUT2D eigenvalue weighted by Gasteiger charge is -2.32. The average Bonchev–Trinajstić information content (AvgIpc) is 3.27. The van der Waals surface area contributed by atoms with Gasteiger partial charge in [-0.25, -0.2) is 0 Å². The predicted octanol–water partition coefficient (Wildman–Crippen LogP) is 4.15. The molecule has 0 aliphatic carbocycles. The zero-order chi connectivity index (χ0) is 21.8. The molecule has 0 bridgehead atoms. The number of carbonyl (C=O) groups is 2. The minimum atomic E-state index is -0.123. The van der Waals surface area contributed by atoms with Gasteiger partial charge in [0.25, 0.3) is 5.91 Å². The number of nitrogens with one attached hydrogen (secondary N) is 1. The van der Waals surface area contributed by atoms with Crippen LogP contribution in [0.5, 0.6) is 5.75 Å².